The molecule has 0 saturated heterocycles. The Morgan fingerprint density at radius 2 is 1.88 bits per heavy atom. The number of aromatic amines is 1. The van der Waals surface area contributed by atoms with E-state index >= 15 is 0 Å². The van der Waals surface area contributed by atoms with Crippen molar-refractivity contribution in [3.8, 4) is 0 Å². The van der Waals surface area contributed by atoms with Gasteiger partial charge in [0.05, 0.1) is 24.2 Å². The molecule has 2 N–H and O–H groups in total. The molecule has 3 heterocycles. The van der Waals surface area contributed by atoms with Gasteiger partial charge in [-0.05, 0) is 30.2 Å². The Labute approximate surface area is 200 Å². The fourth-order valence-electron chi connectivity index (χ4n) is 4.17. The number of methoxy groups -OCH3 is 1. The zero-order valence-corrected chi connectivity index (χ0v) is 19.7. The van der Waals surface area contributed by atoms with E-state index in [0.29, 0.717) is 17.8 Å². The first kappa shape index (κ1) is 21.9. The second-order valence-electron chi connectivity index (χ2n) is 8.17. The fraction of sp³-hybridized carbons (Fsp3) is 0.192. The number of hydrogen-bond donors (Lipinski definition) is 2. The number of nitrogens with one attached hydrogen (secondary N) is 2. The molecule has 1 amide bonds. The molecule has 34 heavy (non-hydrogen) atoms. The minimum atomic E-state index is -0.802. The number of rotatable bonds is 7. The van der Waals surface area contributed by atoms with Crippen molar-refractivity contribution in [3.63, 3.8) is 0 Å². The lowest BCUT2D eigenvalue weighted by atomic mass is 10.0. The molecule has 0 aliphatic heterocycles. The number of aryl methyl sites for hydroxylation is 1. The summed E-state index contributed by atoms with van der Waals surface area (Å²) in [5.74, 6) is -0.784. The van der Waals surface area contributed by atoms with Crippen LogP contribution in [-0.2, 0) is 22.5 Å². The van der Waals surface area contributed by atoms with Crippen molar-refractivity contribution in [1.29, 1.82) is 0 Å². The van der Waals surface area contributed by atoms with E-state index in [-0.39, 0.29) is 5.91 Å². The molecule has 1 atom stereocenters. The van der Waals surface area contributed by atoms with Crippen molar-refractivity contribution < 1.29 is 14.3 Å². The zero-order valence-electron chi connectivity index (χ0n) is 18.9. The Kier molecular flexibility index (Phi) is 5.90. The van der Waals surface area contributed by atoms with Gasteiger partial charge in [-0.1, -0.05) is 48.5 Å². The maximum absolute atomic E-state index is 13.2. The number of esters is 1. The predicted octanol–water partition coefficient (Wildman–Crippen LogP) is 4.45. The van der Waals surface area contributed by atoms with E-state index in [4.69, 9.17) is 4.74 Å². The van der Waals surface area contributed by atoms with E-state index in [1.165, 1.54) is 18.4 Å². The SMILES string of the molecule is COC(=O)[C@H](Cc1c[nH]c2ccccc12)NC(=O)c1cc2c(C)nn(Cc3ccccc3)c2s1. The number of carbonyl (C=O) groups is 2. The van der Waals surface area contributed by atoms with Crippen LogP contribution in [0.4, 0.5) is 0 Å². The first-order chi connectivity index (χ1) is 16.5. The van der Waals surface area contributed by atoms with Crippen molar-refractivity contribution in [2.45, 2.75) is 25.9 Å². The summed E-state index contributed by atoms with van der Waals surface area (Å²) in [7, 11) is 1.33. The van der Waals surface area contributed by atoms with Crippen LogP contribution in [0.25, 0.3) is 21.1 Å². The molecule has 172 valence electrons. The van der Waals surface area contributed by atoms with Gasteiger partial charge in [-0.25, -0.2) is 4.79 Å². The summed E-state index contributed by atoms with van der Waals surface area (Å²) in [5.41, 5.74) is 3.92. The number of carbonyl (C=O) groups excluding carboxylic acids is 2. The van der Waals surface area contributed by atoms with Crippen molar-refractivity contribution in [2.75, 3.05) is 7.11 Å². The van der Waals surface area contributed by atoms with Gasteiger partial charge in [0, 0.05) is 28.9 Å². The molecule has 2 aromatic carbocycles. The van der Waals surface area contributed by atoms with Crippen LogP contribution in [0.5, 0.6) is 0 Å². The number of amides is 1. The number of para-hydroxylation sites is 1. The number of fused-ring (bicyclic) bond motifs is 2. The lowest BCUT2D eigenvalue weighted by molar-refractivity contribution is -0.142. The van der Waals surface area contributed by atoms with Crippen molar-refractivity contribution in [2.24, 2.45) is 0 Å². The maximum Gasteiger partial charge on any atom is 0.328 e. The predicted molar refractivity (Wildman–Crippen MR) is 133 cm³/mol. The lowest BCUT2D eigenvalue weighted by Crippen LogP contribution is -2.42. The minimum Gasteiger partial charge on any atom is -0.467 e. The molecule has 0 fully saturated rings. The molecule has 8 heteroatoms. The average molecular weight is 473 g/mol. The Hall–Kier alpha value is -3.91. The van der Waals surface area contributed by atoms with Crippen LogP contribution in [0.2, 0.25) is 0 Å². The minimum absolute atomic E-state index is 0.304. The van der Waals surface area contributed by atoms with Crippen molar-refractivity contribution >= 4 is 44.3 Å². The average Bonchev–Trinajstić information content (AvgIpc) is 3.55. The molecule has 0 saturated carbocycles. The van der Waals surface area contributed by atoms with E-state index in [1.54, 1.807) is 0 Å². The highest BCUT2D eigenvalue weighted by Crippen LogP contribution is 2.29. The number of thiophene rings is 1. The molecule has 5 aromatic rings. The first-order valence-corrected chi connectivity index (χ1v) is 11.8. The Morgan fingerprint density at radius 1 is 1.12 bits per heavy atom. The van der Waals surface area contributed by atoms with Crippen molar-refractivity contribution in [1.82, 2.24) is 20.1 Å². The lowest BCUT2D eigenvalue weighted by Gasteiger charge is -2.15. The smallest absolute Gasteiger partial charge is 0.328 e. The van der Waals surface area contributed by atoms with Gasteiger partial charge in [0.1, 0.15) is 10.9 Å². The van der Waals surface area contributed by atoms with E-state index in [1.807, 2.05) is 66.3 Å². The normalized spacial score (nSPS) is 12.2. The van der Waals surface area contributed by atoms with Crippen LogP contribution in [0.1, 0.15) is 26.5 Å². The second kappa shape index (κ2) is 9.15. The Balaban J connectivity index is 1.39. The summed E-state index contributed by atoms with van der Waals surface area (Å²) < 4.78 is 6.91. The number of H-pyrrole nitrogens is 1. The molecule has 0 bridgehead atoms. The van der Waals surface area contributed by atoms with E-state index < -0.39 is 12.0 Å². The van der Waals surface area contributed by atoms with E-state index in [9.17, 15) is 9.59 Å². The van der Waals surface area contributed by atoms with Gasteiger partial charge in [0.15, 0.2) is 0 Å². The molecule has 3 aromatic heterocycles. The largest absolute Gasteiger partial charge is 0.467 e. The molecule has 0 unspecified atom stereocenters. The summed E-state index contributed by atoms with van der Waals surface area (Å²) in [5, 5.41) is 9.48. The molecule has 0 radical (unpaired) electrons. The van der Waals surface area contributed by atoms with Gasteiger partial charge in [-0.15, -0.1) is 11.3 Å². The Bertz CT molecular complexity index is 1480. The topological polar surface area (TPSA) is 89.0 Å². The van der Waals surface area contributed by atoms with Gasteiger partial charge in [0.2, 0.25) is 0 Å². The van der Waals surface area contributed by atoms with Gasteiger partial charge in [-0.2, -0.15) is 5.10 Å². The van der Waals surface area contributed by atoms with Crippen molar-refractivity contribution in [3.05, 3.63) is 88.6 Å². The third kappa shape index (κ3) is 4.20. The summed E-state index contributed by atoms with van der Waals surface area (Å²) in [4.78, 5) is 30.4. The summed E-state index contributed by atoms with van der Waals surface area (Å²) in [6.07, 6.45) is 2.20. The summed E-state index contributed by atoms with van der Waals surface area (Å²) in [6.45, 7) is 2.56. The monoisotopic (exact) mass is 472 g/mol. The number of nitrogens with zero attached hydrogens (tertiary/aromatic N) is 2. The molecule has 0 aliphatic carbocycles. The summed E-state index contributed by atoms with van der Waals surface area (Å²) in [6, 6.07) is 19.0. The van der Waals surface area contributed by atoms with Crippen LogP contribution < -0.4 is 5.32 Å². The van der Waals surface area contributed by atoms with E-state index in [2.05, 4.69) is 27.5 Å². The first-order valence-electron chi connectivity index (χ1n) is 11.0. The quantitative estimate of drug-likeness (QED) is 0.343. The summed E-state index contributed by atoms with van der Waals surface area (Å²) >= 11 is 1.37. The zero-order chi connectivity index (χ0) is 23.7. The molecular formula is C26H24N4O3S. The van der Waals surface area contributed by atoms with Crippen LogP contribution >= 0.6 is 11.3 Å². The third-order valence-electron chi connectivity index (χ3n) is 5.90. The van der Waals surface area contributed by atoms with Gasteiger partial charge < -0.3 is 15.0 Å². The van der Waals surface area contributed by atoms with Crippen LogP contribution in [0.3, 0.4) is 0 Å². The Morgan fingerprint density at radius 3 is 2.68 bits per heavy atom. The van der Waals surface area contributed by atoms with Gasteiger partial charge in [-0.3, -0.25) is 9.48 Å². The van der Waals surface area contributed by atoms with Crippen LogP contribution in [0.15, 0.2) is 66.9 Å². The number of hydrogen-bond acceptors (Lipinski definition) is 5. The molecule has 5 rings (SSSR count). The highest BCUT2D eigenvalue weighted by Gasteiger charge is 2.25. The number of ether oxygens (including phenoxy) is 1. The van der Waals surface area contributed by atoms with Crippen LogP contribution in [-0.4, -0.2) is 39.8 Å². The highest BCUT2D eigenvalue weighted by atomic mass is 32.1. The number of aromatic nitrogens is 3. The van der Waals surface area contributed by atoms with E-state index in [0.717, 1.165) is 37.9 Å². The molecule has 7 nitrogen and oxygen atoms in total. The van der Waals surface area contributed by atoms with Gasteiger partial charge >= 0.3 is 5.97 Å². The maximum atomic E-state index is 13.2. The second-order valence-corrected chi connectivity index (χ2v) is 9.20. The standard InChI is InChI=1S/C26H24N4O3S/c1-16-20-13-23(34-25(20)30(29-16)15-17-8-4-3-5-9-17)24(31)28-22(26(32)33-2)12-18-14-27-21-11-7-6-10-19(18)21/h3-11,13-14,22,27H,12,15H2,1-2H3,(H,28,31)/t22-/m0/s1. The third-order valence-corrected chi connectivity index (χ3v) is 7.04. The fourth-order valence-corrected chi connectivity index (χ4v) is 5.24. The van der Waals surface area contributed by atoms with Crippen LogP contribution in [0, 0.1) is 6.92 Å². The number of benzene rings is 2. The molecule has 0 spiro atoms. The molecule has 0 aliphatic rings. The van der Waals surface area contributed by atoms with Gasteiger partial charge in [0.25, 0.3) is 5.91 Å². The molecular weight excluding hydrogens is 448 g/mol. The highest BCUT2D eigenvalue weighted by molar-refractivity contribution is 7.20.